The van der Waals surface area contributed by atoms with Crippen molar-refractivity contribution in [3.8, 4) is 0 Å². The van der Waals surface area contributed by atoms with Crippen LogP contribution in [0.2, 0.25) is 0 Å². The van der Waals surface area contributed by atoms with Gasteiger partial charge in [-0.3, -0.25) is 14.4 Å². The Bertz CT molecular complexity index is 433. The molecule has 2 N–H and O–H groups in total. The van der Waals surface area contributed by atoms with Crippen molar-refractivity contribution in [3.05, 3.63) is 18.0 Å². The molecule has 1 fully saturated rings. The lowest BCUT2D eigenvalue weighted by Crippen LogP contribution is -2.42. The smallest absolute Gasteiger partial charge is 0.306 e. The average molecular weight is 267 g/mol. The van der Waals surface area contributed by atoms with Crippen LogP contribution in [0.25, 0.3) is 0 Å². The van der Waals surface area contributed by atoms with Crippen LogP contribution in [0.15, 0.2) is 12.4 Å². The van der Waals surface area contributed by atoms with E-state index in [2.05, 4.69) is 16.9 Å². The van der Waals surface area contributed by atoms with Crippen molar-refractivity contribution >= 4 is 5.97 Å². The Morgan fingerprint density at radius 2 is 2.37 bits per heavy atom. The number of piperidine rings is 1. The van der Waals surface area contributed by atoms with Crippen molar-refractivity contribution < 1.29 is 15.0 Å². The Labute approximate surface area is 112 Å². The number of carbonyl (C=O) groups is 1. The molecule has 0 spiro atoms. The molecule has 1 aromatic rings. The predicted octanol–water partition coefficient (Wildman–Crippen LogP) is 0.560. The molecule has 1 aliphatic rings. The van der Waals surface area contributed by atoms with Gasteiger partial charge in [-0.05, 0) is 26.3 Å². The van der Waals surface area contributed by atoms with Crippen molar-refractivity contribution in [2.75, 3.05) is 13.2 Å². The maximum absolute atomic E-state index is 11.0. The Kier molecular flexibility index (Phi) is 4.55. The summed E-state index contributed by atoms with van der Waals surface area (Å²) in [4.78, 5) is 13.3. The second kappa shape index (κ2) is 6.16. The van der Waals surface area contributed by atoms with Crippen LogP contribution < -0.4 is 0 Å². The summed E-state index contributed by atoms with van der Waals surface area (Å²) >= 11 is 0. The molecule has 0 saturated carbocycles. The van der Waals surface area contributed by atoms with Gasteiger partial charge in [-0.2, -0.15) is 5.10 Å². The first-order valence-electron chi connectivity index (χ1n) is 6.69. The van der Waals surface area contributed by atoms with E-state index in [1.807, 2.05) is 12.4 Å². The minimum atomic E-state index is -0.678. The molecule has 19 heavy (non-hydrogen) atoms. The van der Waals surface area contributed by atoms with Crippen LogP contribution in [0, 0.1) is 5.92 Å². The predicted molar refractivity (Wildman–Crippen MR) is 69.5 cm³/mol. The van der Waals surface area contributed by atoms with Crippen LogP contribution in [0.5, 0.6) is 0 Å². The normalized spacial score (nSPS) is 24.5. The first-order valence-corrected chi connectivity index (χ1v) is 6.69. The Morgan fingerprint density at radius 3 is 3.00 bits per heavy atom. The van der Waals surface area contributed by atoms with Gasteiger partial charge < -0.3 is 10.2 Å². The molecule has 6 heteroatoms. The van der Waals surface area contributed by atoms with E-state index in [0.717, 1.165) is 18.7 Å². The number of hydrogen-bond acceptors (Lipinski definition) is 4. The Morgan fingerprint density at radius 1 is 1.58 bits per heavy atom. The van der Waals surface area contributed by atoms with E-state index in [1.54, 1.807) is 4.68 Å². The van der Waals surface area contributed by atoms with Gasteiger partial charge in [-0.25, -0.2) is 0 Å². The topological polar surface area (TPSA) is 78.6 Å². The molecule has 6 nitrogen and oxygen atoms in total. The molecule has 0 amide bonds. The molecule has 1 saturated heterocycles. The lowest BCUT2D eigenvalue weighted by Gasteiger charge is -2.35. The van der Waals surface area contributed by atoms with Crippen LogP contribution in [0.3, 0.4) is 0 Å². The van der Waals surface area contributed by atoms with Gasteiger partial charge in [0, 0.05) is 24.3 Å². The summed E-state index contributed by atoms with van der Waals surface area (Å²) < 4.78 is 1.73. The second-order valence-corrected chi connectivity index (χ2v) is 5.21. The highest BCUT2D eigenvalue weighted by molar-refractivity contribution is 5.70. The molecular formula is C13H21N3O3. The van der Waals surface area contributed by atoms with Crippen molar-refractivity contribution in [1.29, 1.82) is 0 Å². The average Bonchev–Trinajstić information content (AvgIpc) is 2.79. The van der Waals surface area contributed by atoms with Gasteiger partial charge >= 0.3 is 5.97 Å². The van der Waals surface area contributed by atoms with Gasteiger partial charge in [0.15, 0.2) is 0 Å². The fourth-order valence-electron chi connectivity index (χ4n) is 2.63. The number of aliphatic hydroxyl groups is 1. The third-order valence-corrected chi connectivity index (χ3v) is 3.76. The number of likely N-dealkylation sites (tertiary alicyclic amines) is 1. The van der Waals surface area contributed by atoms with Gasteiger partial charge in [0.05, 0.1) is 25.3 Å². The number of aliphatic hydroxyl groups excluding tert-OH is 1. The Hall–Kier alpha value is -1.40. The molecule has 1 aromatic heterocycles. The van der Waals surface area contributed by atoms with E-state index in [9.17, 15) is 4.79 Å². The fourth-order valence-corrected chi connectivity index (χ4v) is 2.63. The zero-order chi connectivity index (χ0) is 13.8. The van der Waals surface area contributed by atoms with Crippen LogP contribution in [-0.4, -0.2) is 50.1 Å². The first-order chi connectivity index (χ1) is 9.10. The van der Waals surface area contributed by atoms with E-state index < -0.39 is 5.97 Å². The molecule has 0 bridgehead atoms. The van der Waals surface area contributed by atoms with Crippen molar-refractivity contribution in [3.63, 3.8) is 0 Å². The third-order valence-electron chi connectivity index (χ3n) is 3.76. The quantitative estimate of drug-likeness (QED) is 0.815. The van der Waals surface area contributed by atoms with Crippen LogP contribution in [-0.2, 0) is 17.9 Å². The summed E-state index contributed by atoms with van der Waals surface area (Å²) in [6.45, 7) is 4.27. The molecule has 0 radical (unpaired) electrons. The van der Waals surface area contributed by atoms with Crippen LogP contribution >= 0.6 is 0 Å². The molecule has 0 aromatic carbocycles. The van der Waals surface area contributed by atoms with Crippen molar-refractivity contribution in [2.24, 2.45) is 5.92 Å². The minimum absolute atomic E-state index is 0.0848. The number of hydrogen-bond donors (Lipinski definition) is 2. The highest BCUT2D eigenvalue weighted by Gasteiger charge is 2.29. The highest BCUT2D eigenvalue weighted by Crippen LogP contribution is 2.24. The SMILES string of the molecule is CC1CC(C(=O)O)CCN1Cc1cnn(CCO)c1. The number of nitrogens with zero attached hydrogens (tertiary/aromatic N) is 3. The maximum atomic E-state index is 11.0. The number of carboxylic acid groups (broad SMARTS) is 1. The number of aromatic nitrogens is 2. The molecular weight excluding hydrogens is 246 g/mol. The molecule has 2 unspecified atom stereocenters. The van der Waals surface area contributed by atoms with Gasteiger partial charge in [-0.1, -0.05) is 0 Å². The number of rotatable bonds is 5. The number of carboxylic acids is 1. The zero-order valence-electron chi connectivity index (χ0n) is 11.2. The maximum Gasteiger partial charge on any atom is 0.306 e. The molecule has 2 atom stereocenters. The van der Waals surface area contributed by atoms with Gasteiger partial charge in [-0.15, -0.1) is 0 Å². The summed E-state index contributed by atoms with van der Waals surface area (Å²) in [6, 6.07) is 0.274. The Balaban J connectivity index is 1.90. The van der Waals surface area contributed by atoms with Crippen LogP contribution in [0.1, 0.15) is 25.3 Å². The van der Waals surface area contributed by atoms with Crippen molar-refractivity contribution in [1.82, 2.24) is 14.7 Å². The molecule has 0 aliphatic carbocycles. The summed E-state index contributed by atoms with van der Waals surface area (Å²) in [5.41, 5.74) is 1.11. The molecule has 1 aliphatic heterocycles. The van der Waals surface area contributed by atoms with E-state index >= 15 is 0 Å². The molecule has 2 heterocycles. The highest BCUT2D eigenvalue weighted by atomic mass is 16.4. The van der Waals surface area contributed by atoms with Gasteiger partial charge in [0.2, 0.25) is 0 Å². The summed E-state index contributed by atoms with van der Waals surface area (Å²) in [7, 11) is 0. The third kappa shape index (κ3) is 3.54. The first kappa shape index (κ1) is 14.0. The lowest BCUT2D eigenvalue weighted by atomic mass is 9.91. The van der Waals surface area contributed by atoms with Crippen molar-refractivity contribution in [2.45, 2.75) is 38.9 Å². The standard InChI is InChI=1S/C13H21N3O3/c1-10-6-12(13(18)19)2-3-15(10)8-11-7-14-16(9-11)4-5-17/h7,9-10,12,17H,2-6,8H2,1H3,(H,18,19). The van der Waals surface area contributed by atoms with Gasteiger partial charge in [0.1, 0.15) is 0 Å². The lowest BCUT2D eigenvalue weighted by molar-refractivity contribution is -0.144. The zero-order valence-corrected chi connectivity index (χ0v) is 11.2. The summed E-state index contributed by atoms with van der Waals surface area (Å²) in [5, 5.41) is 22.1. The van der Waals surface area contributed by atoms with E-state index in [1.165, 1.54) is 0 Å². The number of aliphatic carboxylic acids is 1. The summed E-state index contributed by atoms with van der Waals surface area (Å²) in [6.07, 6.45) is 5.17. The fraction of sp³-hybridized carbons (Fsp3) is 0.692. The van der Waals surface area contributed by atoms with Gasteiger partial charge in [0.25, 0.3) is 0 Å². The van der Waals surface area contributed by atoms with E-state index in [0.29, 0.717) is 19.4 Å². The largest absolute Gasteiger partial charge is 0.481 e. The second-order valence-electron chi connectivity index (χ2n) is 5.21. The van der Waals surface area contributed by atoms with Crippen LogP contribution in [0.4, 0.5) is 0 Å². The molecule has 2 rings (SSSR count). The molecule has 106 valence electrons. The van der Waals surface area contributed by atoms with E-state index in [4.69, 9.17) is 10.2 Å². The minimum Gasteiger partial charge on any atom is -0.481 e. The van der Waals surface area contributed by atoms with E-state index in [-0.39, 0.29) is 18.6 Å². The summed E-state index contributed by atoms with van der Waals surface area (Å²) in [5.74, 6) is -0.884. The monoisotopic (exact) mass is 267 g/mol.